The number of hydrogen-bond acceptors (Lipinski definition) is 4. The Morgan fingerprint density at radius 1 is 1.69 bits per heavy atom. The van der Waals surface area contributed by atoms with Gasteiger partial charge in [0, 0.05) is 13.1 Å². The van der Waals surface area contributed by atoms with Crippen molar-refractivity contribution < 1.29 is 8.42 Å². The largest absolute Gasteiger partial charge is 0.254 e. The topological polar surface area (TPSA) is 50.3 Å². The standard InChI is InChI=1S/C9H13ClN2O2S2/c1-4-12(6-7(2)3)16(13,14)8-5-11-9(10)15-8/h5H,2,4,6H2,1,3H3. The Labute approximate surface area is 105 Å². The average molecular weight is 281 g/mol. The molecule has 0 bridgehead atoms. The van der Waals surface area contributed by atoms with Crippen LogP contribution in [0.3, 0.4) is 0 Å². The Kier molecular flexibility index (Phi) is 4.49. The van der Waals surface area contributed by atoms with Crippen molar-refractivity contribution in [1.29, 1.82) is 0 Å². The molecular formula is C9H13ClN2O2S2. The molecule has 4 nitrogen and oxygen atoms in total. The van der Waals surface area contributed by atoms with Gasteiger partial charge in [0.1, 0.15) is 0 Å². The van der Waals surface area contributed by atoms with Gasteiger partial charge in [-0.15, -0.1) is 0 Å². The summed E-state index contributed by atoms with van der Waals surface area (Å²) in [6.07, 6.45) is 1.28. The Bertz CT molecular complexity index is 481. The molecule has 0 aliphatic carbocycles. The fourth-order valence-electron chi connectivity index (χ4n) is 1.15. The molecule has 90 valence electrons. The van der Waals surface area contributed by atoms with Crippen molar-refractivity contribution in [2.45, 2.75) is 18.1 Å². The minimum atomic E-state index is -3.48. The Hall–Kier alpha value is -0.430. The zero-order valence-corrected chi connectivity index (χ0v) is 11.5. The Morgan fingerprint density at radius 2 is 2.31 bits per heavy atom. The van der Waals surface area contributed by atoms with E-state index in [1.54, 1.807) is 13.8 Å². The van der Waals surface area contributed by atoms with Crippen LogP contribution in [0.15, 0.2) is 22.6 Å². The van der Waals surface area contributed by atoms with Crippen LogP contribution in [-0.4, -0.2) is 30.8 Å². The van der Waals surface area contributed by atoms with Crippen LogP contribution in [0.1, 0.15) is 13.8 Å². The number of nitrogens with zero attached hydrogens (tertiary/aromatic N) is 2. The van der Waals surface area contributed by atoms with Crippen molar-refractivity contribution in [3.8, 4) is 0 Å². The maximum absolute atomic E-state index is 12.1. The van der Waals surface area contributed by atoms with E-state index >= 15 is 0 Å². The maximum Gasteiger partial charge on any atom is 0.254 e. The predicted molar refractivity (Wildman–Crippen MR) is 66.4 cm³/mol. The first-order valence-electron chi connectivity index (χ1n) is 4.63. The molecule has 0 fully saturated rings. The SMILES string of the molecule is C=C(C)CN(CC)S(=O)(=O)c1cnc(Cl)s1. The van der Waals surface area contributed by atoms with Crippen molar-refractivity contribution in [2.24, 2.45) is 0 Å². The molecule has 1 heterocycles. The van der Waals surface area contributed by atoms with Gasteiger partial charge in [-0.05, 0) is 6.92 Å². The van der Waals surface area contributed by atoms with E-state index in [1.165, 1.54) is 10.5 Å². The van der Waals surface area contributed by atoms with Gasteiger partial charge < -0.3 is 0 Å². The van der Waals surface area contributed by atoms with E-state index in [9.17, 15) is 8.42 Å². The summed E-state index contributed by atoms with van der Waals surface area (Å²) in [5.74, 6) is 0. The number of rotatable bonds is 5. The zero-order valence-electron chi connectivity index (χ0n) is 9.10. The van der Waals surface area contributed by atoms with Crippen LogP contribution in [0.4, 0.5) is 0 Å². The van der Waals surface area contributed by atoms with Gasteiger partial charge in [-0.1, -0.05) is 42.0 Å². The number of thiazole rings is 1. The van der Waals surface area contributed by atoms with Gasteiger partial charge in [-0.2, -0.15) is 4.31 Å². The smallest absolute Gasteiger partial charge is 0.232 e. The number of halogens is 1. The molecule has 0 aliphatic heterocycles. The molecule has 1 rings (SSSR count). The summed E-state index contributed by atoms with van der Waals surface area (Å²) in [5, 5.41) is 0. The minimum absolute atomic E-state index is 0.167. The first-order chi connectivity index (χ1) is 7.37. The quantitative estimate of drug-likeness (QED) is 0.778. The lowest BCUT2D eigenvalue weighted by Crippen LogP contribution is -2.31. The molecule has 0 saturated heterocycles. The van der Waals surface area contributed by atoms with Crippen molar-refractivity contribution >= 4 is 33.0 Å². The van der Waals surface area contributed by atoms with Crippen LogP contribution in [0, 0.1) is 0 Å². The number of likely N-dealkylation sites (N-methyl/N-ethyl adjacent to an activating group) is 1. The van der Waals surface area contributed by atoms with Crippen molar-refractivity contribution in [1.82, 2.24) is 9.29 Å². The zero-order chi connectivity index (χ0) is 12.3. The van der Waals surface area contributed by atoms with E-state index in [0.717, 1.165) is 16.9 Å². The van der Waals surface area contributed by atoms with E-state index in [-0.39, 0.29) is 8.68 Å². The van der Waals surface area contributed by atoms with Gasteiger partial charge in [0.05, 0.1) is 6.20 Å². The molecular weight excluding hydrogens is 268 g/mol. The summed E-state index contributed by atoms with van der Waals surface area (Å²) in [5.41, 5.74) is 0.793. The molecule has 0 N–H and O–H groups in total. The molecule has 0 amide bonds. The highest BCUT2D eigenvalue weighted by Gasteiger charge is 2.25. The van der Waals surface area contributed by atoms with E-state index in [1.807, 2.05) is 0 Å². The van der Waals surface area contributed by atoms with Crippen LogP contribution in [0.5, 0.6) is 0 Å². The van der Waals surface area contributed by atoms with E-state index in [2.05, 4.69) is 11.6 Å². The summed E-state index contributed by atoms with van der Waals surface area (Å²) in [4.78, 5) is 3.73. The monoisotopic (exact) mass is 280 g/mol. The van der Waals surface area contributed by atoms with Crippen LogP contribution in [0.2, 0.25) is 4.47 Å². The van der Waals surface area contributed by atoms with E-state index in [4.69, 9.17) is 11.6 Å². The highest BCUT2D eigenvalue weighted by Crippen LogP contribution is 2.25. The third-order valence-electron chi connectivity index (χ3n) is 1.85. The third kappa shape index (κ3) is 3.04. The summed E-state index contributed by atoms with van der Waals surface area (Å²) < 4.78 is 26.0. The van der Waals surface area contributed by atoms with Crippen molar-refractivity contribution in [3.05, 3.63) is 22.8 Å². The molecule has 0 aromatic carbocycles. The molecule has 0 spiro atoms. The molecule has 0 radical (unpaired) electrons. The summed E-state index contributed by atoms with van der Waals surface area (Å²) in [7, 11) is -3.48. The fourth-order valence-corrected chi connectivity index (χ4v) is 4.11. The lowest BCUT2D eigenvalue weighted by Gasteiger charge is -2.18. The Balaban J connectivity index is 3.04. The molecule has 1 aromatic heterocycles. The number of aromatic nitrogens is 1. The minimum Gasteiger partial charge on any atom is -0.232 e. The molecule has 0 aliphatic rings. The summed E-state index contributed by atoms with van der Waals surface area (Å²) >= 11 is 6.59. The van der Waals surface area contributed by atoms with Crippen molar-refractivity contribution in [3.63, 3.8) is 0 Å². The van der Waals surface area contributed by atoms with Gasteiger partial charge in [0.25, 0.3) is 10.0 Å². The average Bonchev–Trinajstić information content (AvgIpc) is 2.61. The summed E-state index contributed by atoms with van der Waals surface area (Å²) in [6, 6.07) is 0. The molecule has 1 aromatic rings. The summed E-state index contributed by atoms with van der Waals surface area (Å²) in [6.45, 7) is 7.99. The highest BCUT2D eigenvalue weighted by molar-refractivity contribution is 7.91. The second kappa shape index (κ2) is 5.27. The van der Waals surface area contributed by atoms with Gasteiger partial charge >= 0.3 is 0 Å². The first kappa shape index (κ1) is 13.6. The lowest BCUT2D eigenvalue weighted by molar-refractivity contribution is 0.454. The van der Waals surface area contributed by atoms with Crippen molar-refractivity contribution in [2.75, 3.05) is 13.1 Å². The highest BCUT2D eigenvalue weighted by atomic mass is 35.5. The van der Waals surface area contributed by atoms with Crippen LogP contribution in [-0.2, 0) is 10.0 Å². The molecule has 7 heteroatoms. The predicted octanol–water partition coefficient (Wildman–Crippen LogP) is 2.38. The van der Waals surface area contributed by atoms with Gasteiger partial charge in [-0.3, -0.25) is 0 Å². The second-order valence-electron chi connectivity index (χ2n) is 3.32. The van der Waals surface area contributed by atoms with Gasteiger partial charge in [0.2, 0.25) is 0 Å². The lowest BCUT2D eigenvalue weighted by atomic mass is 10.3. The second-order valence-corrected chi connectivity index (χ2v) is 7.10. The van der Waals surface area contributed by atoms with E-state index < -0.39 is 10.0 Å². The maximum atomic E-state index is 12.1. The van der Waals surface area contributed by atoms with Crippen LogP contribution in [0.25, 0.3) is 0 Å². The molecule has 0 atom stereocenters. The van der Waals surface area contributed by atoms with Crippen LogP contribution < -0.4 is 0 Å². The third-order valence-corrected chi connectivity index (χ3v) is 5.32. The molecule has 0 unspecified atom stereocenters. The molecule has 16 heavy (non-hydrogen) atoms. The Morgan fingerprint density at radius 3 is 2.69 bits per heavy atom. The fraction of sp³-hybridized carbons (Fsp3) is 0.444. The molecule has 0 saturated carbocycles. The van der Waals surface area contributed by atoms with Crippen LogP contribution >= 0.6 is 22.9 Å². The van der Waals surface area contributed by atoms with Gasteiger partial charge in [-0.25, -0.2) is 13.4 Å². The first-order valence-corrected chi connectivity index (χ1v) is 7.27. The van der Waals surface area contributed by atoms with E-state index in [0.29, 0.717) is 13.1 Å². The normalized spacial score (nSPS) is 12.0. The number of sulfonamides is 1. The van der Waals surface area contributed by atoms with Gasteiger partial charge in [0.15, 0.2) is 8.68 Å². The number of hydrogen-bond donors (Lipinski definition) is 0.